The highest BCUT2D eigenvalue weighted by Gasteiger charge is 2.54. The van der Waals surface area contributed by atoms with Crippen molar-refractivity contribution in [3.63, 3.8) is 0 Å². The maximum absolute atomic E-state index is 13.1. The van der Waals surface area contributed by atoms with Crippen molar-refractivity contribution in [2.24, 2.45) is 0 Å². The molecule has 0 radical (unpaired) electrons. The fraction of sp³-hybridized carbons (Fsp3) is 0.824. The van der Waals surface area contributed by atoms with E-state index in [4.69, 9.17) is 0 Å². The van der Waals surface area contributed by atoms with E-state index in [1.807, 2.05) is 6.92 Å². The van der Waals surface area contributed by atoms with Crippen LogP contribution in [0.4, 0.5) is 4.79 Å². The van der Waals surface area contributed by atoms with Crippen molar-refractivity contribution in [2.75, 3.05) is 32.7 Å². The highest BCUT2D eigenvalue weighted by molar-refractivity contribution is 6.07. The lowest BCUT2D eigenvalue weighted by Crippen LogP contribution is -2.56. The molecule has 7 nitrogen and oxygen atoms in total. The molecule has 0 aromatic heterocycles. The largest absolute Gasteiger partial charge is 0.341 e. The molecular formula is C17H28N4O3. The van der Waals surface area contributed by atoms with Gasteiger partial charge in [0.05, 0.1) is 6.04 Å². The van der Waals surface area contributed by atoms with Gasteiger partial charge in [-0.15, -0.1) is 0 Å². The highest BCUT2D eigenvalue weighted by atomic mass is 16.2. The van der Waals surface area contributed by atoms with E-state index in [9.17, 15) is 14.4 Å². The van der Waals surface area contributed by atoms with Gasteiger partial charge < -0.3 is 15.1 Å². The van der Waals surface area contributed by atoms with Crippen LogP contribution in [0.25, 0.3) is 0 Å². The van der Waals surface area contributed by atoms with Gasteiger partial charge in [-0.05, 0) is 32.2 Å². The summed E-state index contributed by atoms with van der Waals surface area (Å²) in [5.74, 6) is 0.0109. The van der Waals surface area contributed by atoms with Crippen LogP contribution >= 0.6 is 0 Å². The molecule has 3 aliphatic rings. The Morgan fingerprint density at radius 2 is 1.92 bits per heavy atom. The fourth-order valence-corrected chi connectivity index (χ4v) is 4.18. The molecule has 1 N–H and O–H groups in total. The molecule has 1 atom stereocenters. The Morgan fingerprint density at radius 3 is 2.54 bits per heavy atom. The van der Waals surface area contributed by atoms with Crippen LogP contribution in [0.5, 0.6) is 0 Å². The van der Waals surface area contributed by atoms with Crippen LogP contribution in [0.2, 0.25) is 0 Å². The third kappa shape index (κ3) is 2.90. The van der Waals surface area contributed by atoms with Gasteiger partial charge in [-0.1, -0.05) is 13.8 Å². The smallest absolute Gasteiger partial charge is 0.325 e. The topological polar surface area (TPSA) is 73.0 Å². The van der Waals surface area contributed by atoms with Gasteiger partial charge in [-0.2, -0.15) is 0 Å². The number of imide groups is 1. The summed E-state index contributed by atoms with van der Waals surface area (Å²) < 4.78 is 0. The van der Waals surface area contributed by atoms with Crippen molar-refractivity contribution in [2.45, 2.75) is 57.5 Å². The first kappa shape index (κ1) is 17.2. The summed E-state index contributed by atoms with van der Waals surface area (Å²) in [6, 6.07) is -0.467. The van der Waals surface area contributed by atoms with E-state index in [0.717, 1.165) is 39.0 Å². The summed E-state index contributed by atoms with van der Waals surface area (Å²) in [6.45, 7) is 7.80. The lowest BCUT2D eigenvalue weighted by molar-refractivity contribution is -0.139. The van der Waals surface area contributed by atoms with Crippen molar-refractivity contribution >= 4 is 17.8 Å². The predicted molar refractivity (Wildman–Crippen MR) is 89.3 cm³/mol. The monoisotopic (exact) mass is 336 g/mol. The molecule has 134 valence electrons. The molecule has 3 fully saturated rings. The zero-order valence-corrected chi connectivity index (χ0v) is 14.7. The number of amides is 4. The van der Waals surface area contributed by atoms with Crippen LogP contribution in [0, 0.1) is 0 Å². The highest BCUT2D eigenvalue weighted by Crippen LogP contribution is 2.32. The Bertz CT molecular complexity index is 528. The molecule has 3 aliphatic heterocycles. The molecule has 0 unspecified atom stereocenters. The molecule has 0 aromatic carbocycles. The number of likely N-dealkylation sites (tertiary alicyclic amines) is 2. The molecular weight excluding hydrogens is 308 g/mol. The number of carbonyl (C=O) groups excluding carboxylic acids is 3. The van der Waals surface area contributed by atoms with Crippen molar-refractivity contribution in [1.82, 2.24) is 20.0 Å². The predicted octanol–water partition coefficient (Wildman–Crippen LogP) is 0.794. The van der Waals surface area contributed by atoms with Gasteiger partial charge in [0, 0.05) is 32.6 Å². The molecule has 0 aliphatic carbocycles. The summed E-state index contributed by atoms with van der Waals surface area (Å²) in [5.41, 5.74) is -0.722. The Morgan fingerprint density at radius 1 is 1.21 bits per heavy atom. The molecule has 3 saturated heterocycles. The Kier molecular flexibility index (Phi) is 4.80. The first-order valence-electron chi connectivity index (χ1n) is 9.16. The number of nitrogens with one attached hydrogen (secondary N) is 1. The standard InChI is InChI=1S/C17H28N4O3/c1-3-14(22)20-9-5-6-13(12-20)21-15(23)17(18-16(21)24)7-10-19(4-2)11-8-17/h13H,3-12H2,1-2H3,(H,18,24)/t13-/m0/s1. The van der Waals surface area contributed by atoms with Crippen LogP contribution in [-0.2, 0) is 9.59 Å². The molecule has 0 bridgehead atoms. The van der Waals surface area contributed by atoms with Crippen LogP contribution in [0.3, 0.4) is 0 Å². The fourth-order valence-electron chi connectivity index (χ4n) is 4.18. The van der Waals surface area contributed by atoms with Crippen molar-refractivity contribution in [1.29, 1.82) is 0 Å². The average Bonchev–Trinajstić information content (AvgIpc) is 2.85. The zero-order valence-electron chi connectivity index (χ0n) is 14.7. The molecule has 0 saturated carbocycles. The molecule has 3 heterocycles. The second-order valence-electron chi connectivity index (χ2n) is 7.11. The molecule has 4 amide bonds. The molecule has 0 aromatic rings. The molecule has 7 heteroatoms. The minimum Gasteiger partial charge on any atom is -0.341 e. The second kappa shape index (κ2) is 6.70. The summed E-state index contributed by atoms with van der Waals surface area (Å²) in [7, 11) is 0. The van der Waals surface area contributed by atoms with E-state index in [1.54, 1.807) is 4.90 Å². The van der Waals surface area contributed by atoms with Gasteiger partial charge in [-0.25, -0.2) is 4.79 Å². The molecule has 24 heavy (non-hydrogen) atoms. The molecule has 3 rings (SSSR count). The Hall–Kier alpha value is -1.63. The second-order valence-corrected chi connectivity index (χ2v) is 7.11. The van der Waals surface area contributed by atoms with E-state index < -0.39 is 5.54 Å². The van der Waals surface area contributed by atoms with E-state index >= 15 is 0 Å². The van der Waals surface area contributed by atoms with E-state index in [1.165, 1.54) is 4.90 Å². The van der Waals surface area contributed by atoms with Gasteiger partial charge >= 0.3 is 6.03 Å². The van der Waals surface area contributed by atoms with Gasteiger partial charge in [-0.3, -0.25) is 14.5 Å². The summed E-state index contributed by atoms with van der Waals surface area (Å²) >= 11 is 0. The van der Waals surface area contributed by atoms with E-state index in [2.05, 4.69) is 17.1 Å². The van der Waals surface area contributed by atoms with Gasteiger partial charge in [0.1, 0.15) is 5.54 Å². The minimum absolute atomic E-state index is 0.0842. The van der Waals surface area contributed by atoms with Crippen LogP contribution < -0.4 is 5.32 Å². The van der Waals surface area contributed by atoms with Gasteiger partial charge in [0.15, 0.2) is 0 Å². The lowest BCUT2D eigenvalue weighted by atomic mass is 9.87. The normalized spacial score (nSPS) is 27.7. The zero-order chi connectivity index (χ0) is 17.3. The lowest BCUT2D eigenvalue weighted by Gasteiger charge is -2.38. The summed E-state index contributed by atoms with van der Waals surface area (Å²) in [4.78, 5) is 43.1. The van der Waals surface area contributed by atoms with Gasteiger partial charge in [0.25, 0.3) is 5.91 Å². The number of hydrogen-bond donors (Lipinski definition) is 1. The number of carbonyl (C=O) groups is 3. The number of hydrogen-bond acceptors (Lipinski definition) is 4. The Labute approximate surface area is 143 Å². The summed E-state index contributed by atoms with van der Waals surface area (Å²) in [5, 5.41) is 2.98. The maximum Gasteiger partial charge on any atom is 0.325 e. The first-order chi connectivity index (χ1) is 11.5. The maximum atomic E-state index is 13.1. The first-order valence-corrected chi connectivity index (χ1v) is 9.16. The SMILES string of the molecule is CCC(=O)N1CCC[C@H](N2C(=O)NC3(CCN(CC)CC3)C2=O)C1. The third-order valence-electron chi connectivity index (χ3n) is 5.77. The third-order valence-corrected chi connectivity index (χ3v) is 5.77. The number of nitrogens with zero attached hydrogens (tertiary/aromatic N) is 3. The van der Waals surface area contributed by atoms with E-state index in [0.29, 0.717) is 25.8 Å². The quantitative estimate of drug-likeness (QED) is 0.774. The average molecular weight is 336 g/mol. The number of urea groups is 1. The Balaban J connectivity index is 1.71. The number of piperidine rings is 2. The van der Waals surface area contributed by atoms with Crippen LogP contribution in [0.15, 0.2) is 0 Å². The summed E-state index contributed by atoms with van der Waals surface area (Å²) in [6.07, 6.45) is 3.43. The van der Waals surface area contributed by atoms with Gasteiger partial charge in [0.2, 0.25) is 5.91 Å². The minimum atomic E-state index is -0.722. The van der Waals surface area contributed by atoms with E-state index in [-0.39, 0.29) is 23.9 Å². The van der Waals surface area contributed by atoms with Crippen LogP contribution in [0.1, 0.15) is 46.0 Å². The van der Waals surface area contributed by atoms with Crippen molar-refractivity contribution < 1.29 is 14.4 Å². The van der Waals surface area contributed by atoms with Crippen LogP contribution in [-0.4, -0.2) is 76.8 Å². The number of rotatable bonds is 3. The molecule has 1 spiro atoms. The van der Waals surface area contributed by atoms with Crippen molar-refractivity contribution in [3.8, 4) is 0 Å². The van der Waals surface area contributed by atoms with Crippen molar-refractivity contribution in [3.05, 3.63) is 0 Å².